The molecule has 140 valence electrons. The maximum atomic E-state index is 11.2. The highest BCUT2D eigenvalue weighted by Crippen LogP contribution is 2.26. The lowest BCUT2D eigenvalue weighted by molar-refractivity contribution is 0.116. The number of sulfonamides is 1. The molecule has 0 aromatic carbocycles. The predicted octanol–water partition coefficient (Wildman–Crippen LogP) is 1.74. The highest BCUT2D eigenvalue weighted by Gasteiger charge is 2.24. The number of pyridine rings is 1. The van der Waals surface area contributed by atoms with Crippen molar-refractivity contribution < 1.29 is 13.5 Å². The van der Waals surface area contributed by atoms with Gasteiger partial charge in [-0.05, 0) is 40.9 Å². The summed E-state index contributed by atoms with van der Waals surface area (Å²) in [7, 11) is -3.84. The van der Waals surface area contributed by atoms with Gasteiger partial charge in [0.15, 0.2) is 5.03 Å². The summed E-state index contributed by atoms with van der Waals surface area (Å²) >= 11 is 3.40. The van der Waals surface area contributed by atoms with Crippen molar-refractivity contribution in [2.45, 2.75) is 42.9 Å². The van der Waals surface area contributed by atoms with Crippen LogP contribution >= 0.6 is 15.9 Å². The van der Waals surface area contributed by atoms with E-state index >= 15 is 0 Å². The van der Waals surface area contributed by atoms with Crippen molar-refractivity contribution in [3.05, 3.63) is 29.0 Å². The minimum Gasteiger partial charge on any atom is -0.391 e. The molecular weight excluding hydrogens is 424 g/mol. The first-order valence-electron chi connectivity index (χ1n) is 8.06. The van der Waals surface area contributed by atoms with E-state index in [0.29, 0.717) is 21.9 Å². The molecule has 1 aliphatic rings. The van der Waals surface area contributed by atoms with E-state index in [0.717, 1.165) is 25.7 Å². The third-order valence-corrected chi connectivity index (χ3v) is 5.48. The molecule has 2 aromatic rings. The SMILES string of the molecule is NS(=O)(=O)c1ccc(Nc2ncc(Br)c(N[C@H]3CCCC[C@@H]3O)n2)cn1. The summed E-state index contributed by atoms with van der Waals surface area (Å²) in [5.74, 6) is 0.883. The van der Waals surface area contributed by atoms with E-state index in [-0.39, 0.29) is 11.1 Å². The van der Waals surface area contributed by atoms with E-state index in [1.165, 1.54) is 18.3 Å². The Morgan fingerprint density at radius 3 is 2.62 bits per heavy atom. The second-order valence-corrected chi connectivity index (χ2v) is 8.41. The number of aliphatic hydroxyl groups excluding tert-OH is 1. The first kappa shape index (κ1) is 19.0. The summed E-state index contributed by atoms with van der Waals surface area (Å²) in [4.78, 5) is 12.4. The van der Waals surface area contributed by atoms with Crippen LogP contribution in [0.3, 0.4) is 0 Å². The van der Waals surface area contributed by atoms with Crippen LogP contribution in [0.15, 0.2) is 34.0 Å². The topological polar surface area (TPSA) is 143 Å². The van der Waals surface area contributed by atoms with Gasteiger partial charge in [-0.2, -0.15) is 4.98 Å². The van der Waals surface area contributed by atoms with Gasteiger partial charge >= 0.3 is 0 Å². The molecule has 2 aromatic heterocycles. The maximum absolute atomic E-state index is 11.2. The molecule has 11 heteroatoms. The molecule has 0 aliphatic heterocycles. The number of hydrogen-bond acceptors (Lipinski definition) is 8. The second-order valence-electron chi connectivity index (χ2n) is 6.05. The Balaban J connectivity index is 1.74. The van der Waals surface area contributed by atoms with Crippen molar-refractivity contribution in [1.82, 2.24) is 15.0 Å². The molecule has 0 radical (unpaired) electrons. The second kappa shape index (κ2) is 7.82. The number of halogens is 1. The van der Waals surface area contributed by atoms with Gasteiger partial charge < -0.3 is 15.7 Å². The molecule has 5 N–H and O–H groups in total. The van der Waals surface area contributed by atoms with E-state index in [4.69, 9.17) is 5.14 Å². The molecule has 3 rings (SSSR count). The summed E-state index contributed by atoms with van der Waals surface area (Å²) in [5, 5.41) is 21.1. The van der Waals surface area contributed by atoms with Crippen LogP contribution in [0.4, 0.5) is 17.5 Å². The van der Waals surface area contributed by atoms with E-state index in [1.807, 2.05) is 0 Å². The molecule has 1 saturated carbocycles. The Kier molecular flexibility index (Phi) is 5.70. The fourth-order valence-corrected chi connectivity index (χ4v) is 3.50. The fraction of sp³-hybridized carbons (Fsp3) is 0.400. The minimum atomic E-state index is -3.84. The van der Waals surface area contributed by atoms with Gasteiger partial charge in [-0.3, -0.25) is 0 Å². The Bertz CT molecular complexity index is 877. The van der Waals surface area contributed by atoms with Crippen molar-refractivity contribution in [1.29, 1.82) is 0 Å². The largest absolute Gasteiger partial charge is 0.391 e. The van der Waals surface area contributed by atoms with E-state index in [2.05, 4.69) is 41.5 Å². The zero-order valence-electron chi connectivity index (χ0n) is 13.8. The number of rotatable bonds is 5. The molecule has 26 heavy (non-hydrogen) atoms. The maximum Gasteiger partial charge on any atom is 0.255 e. The molecule has 2 heterocycles. The molecular formula is C15H19BrN6O3S. The molecule has 0 saturated heterocycles. The summed E-state index contributed by atoms with van der Waals surface area (Å²) in [6.07, 6.45) is 6.26. The lowest BCUT2D eigenvalue weighted by Crippen LogP contribution is -2.36. The fourth-order valence-electron chi connectivity index (χ4n) is 2.74. The summed E-state index contributed by atoms with van der Waals surface area (Å²) < 4.78 is 23.2. The molecule has 1 fully saturated rings. The van der Waals surface area contributed by atoms with Gasteiger partial charge in [0.1, 0.15) is 5.82 Å². The lowest BCUT2D eigenvalue weighted by Gasteiger charge is -2.29. The summed E-state index contributed by atoms with van der Waals surface area (Å²) in [6.45, 7) is 0. The lowest BCUT2D eigenvalue weighted by atomic mass is 9.93. The van der Waals surface area contributed by atoms with Gasteiger partial charge in [0, 0.05) is 6.20 Å². The zero-order valence-corrected chi connectivity index (χ0v) is 16.2. The van der Waals surface area contributed by atoms with Crippen LogP contribution in [0.1, 0.15) is 25.7 Å². The standard InChI is InChI=1S/C15H19BrN6O3S/c16-10-8-19-15(20-9-5-6-13(18-7-9)26(17,24)25)22-14(10)21-11-3-1-2-4-12(11)23/h5-8,11-12,23H,1-4H2,(H2,17,24,25)(H2,19,20,21,22)/t11-,12-/m0/s1. The molecule has 0 bridgehead atoms. The molecule has 0 spiro atoms. The highest BCUT2D eigenvalue weighted by atomic mass is 79.9. The van der Waals surface area contributed by atoms with Crippen LogP contribution in [0.2, 0.25) is 0 Å². The Morgan fingerprint density at radius 1 is 1.19 bits per heavy atom. The van der Waals surface area contributed by atoms with Crippen LogP contribution in [-0.2, 0) is 10.0 Å². The van der Waals surface area contributed by atoms with Crippen molar-refractivity contribution in [2.24, 2.45) is 5.14 Å². The van der Waals surface area contributed by atoms with Gasteiger partial charge in [0.05, 0.1) is 28.5 Å². The van der Waals surface area contributed by atoms with Crippen molar-refractivity contribution in [3.8, 4) is 0 Å². The summed E-state index contributed by atoms with van der Waals surface area (Å²) in [5.41, 5.74) is 0.517. The molecule has 1 aliphatic carbocycles. The number of nitrogens with two attached hydrogens (primary N) is 1. The average molecular weight is 443 g/mol. The quantitative estimate of drug-likeness (QED) is 0.547. The van der Waals surface area contributed by atoms with E-state index < -0.39 is 16.1 Å². The number of primary sulfonamides is 1. The van der Waals surface area contributed by atoms with Crippen molar-refractivity contribution in [2.75, 3.05) is 10.6 Å². The van der Waals surface area contributed by atoms with Gasteiger partial charge in [-0.1, -0.05) is 12.8 Å². The van der Waals surface area contributed by atoms with Crippen molar-refractivity contribution in [3.63, 3.8) is 0 Å². The smallest absolute Gasteiger partial charge is 0.255 e. The average Bonchev–Trinajstić information content (AvgIpc) is 2.59. The Morgan fingerprint density at radius 2 is 1.96 bits per heavy atom. The Hall–Kier alpha value is -1.82. The Labute approximate surface area is 159 Å². The first-order chi connectivity index (χ1) is 12.3. The third kappa shape index (κ3) is 4.67. The molecule has 9 nitrogen and oxygen atoms in total. The third-order valence-electron chi connectivity index (χ3n) is 4.08. The number of aromatic nitrogens is 3. The van der Waals surface area contributed by atoms with Gasteiger partial charge in [-0.15, -0.1) is 0 Å². The van der Waals surface area contributed by atoms with Crippen LogP contribution in [0.25, 0.3) is 0 Å². The van der Waals surface area contributed by atoms with Gasteiger partial charge in [0.2, 0.25) is 5.95 Å². The minimum absolute atomic E-state index is 0.0569. The number of anilines is 3. The molecule has 0 amide bonds. The highest BCUT2D eigenvalue weighted by molar-refractivity contribution is 9.10. The van der Waals surface area contributed by atoms with Gasteiger partial charge in [0.25, 0.3) is 10.0 Å². The number of nitrogens with zero attached hydrogens (tertiary/aromatic N) is 3. The summed E-state index contributed by atoms with van der Waals surface area (Å²) in [6, 6.07) is 2.77. The number of hydrogen-bond donors (Lipinski definition) is 4. The van der Waals surface area contributed by atoms with E-state index in [1.54, 1.807) is 6.20 Å². The number of aliphatic hydroxyl groups is 1. The molecule has 0 unspecified atom stereocenters. The normalized spacial score (nSPS) is 20.6. The van der Waals surface area contributed by atoms with E-state index in [9.17, 15) is 13.5 Å². The van der Waals surface area contributed by atoms with Gasteiger partial charge in [-0.25, -0.2) is 23.5 Å². The van der Waals surface area contributed by atoms with Crippen LogP contribution in [0, 0.1) is 0 Å². The monoisotopic (exact) mass is 442 g/mol. The van der Waals surface area contributed by atoms with Crippen LogP contribution in [0.5, 0.6) is 0 Å². The molecule has 2 atom stereocenters. The first-order valence-corrected chi connectivity index (χ1v) is 10.4. The predicted molar refractivity (Wildman–Crippen MR) is 101 cm³/mol. The van der Waals surface area contributed by atoms with Crippen LogP contribution in [-0.4, -0.2) is 40.6 Å². The van der Waals surface area contributed by atoms with Crippen LogP contribution < -0.4 is 15.8 Å². The van der Waals surface area contributed by atoms with Crippen molar-refractivity contribution >= 4 is 43.4 Å². The number of nitrogens with one attached hydrogen (secondary N) is 2. The zero-order chi connectivity index (χ0) is 18.7.